The average molecular weight is 298 g/mol. The Bertz CT molecular complexity index is 756. The number of pyridine rings is 1. The van der Waals surface area contributed by atoms with Gasteiger partial charge < -0.3 is 5.32 Å². The summed E-state index contributed by atoms with van der Waals surface area (Å²) in [5.41, 5.74) is 1.84. The number of benzene rings is 1. The number of aromatic nitrogens is 2. The summed E-state index contributed by atoms with van der Waals surface area (Å²) in [4.78, 5) is 19.5. The van der Waals surface area contributed by atoms with Crippen molar-refractivity contribution in [1.29, 1.82) is 0 Å². The summed E-state index contributed by atoms with van der Waals surface area (Å²) in [5.74, 6) is 0. The number of hydrogen-bond acceptors (Lipinski definition) is 6. The first-order valence-electron chi connectivity index (χ1n) is 6.10. The van der Waals surface area contributed by atoms with Gasteiger partial charge in [0.25, 0.3) is 5.69 Å². The topological polar surface area (TPSA) is 81.0 Å². The second kappa shape index (κ2) is 5.68. The van der Waals surface area contributed by atoms with E-state index in [0.29, 0.717) is 0 Å². The summed E-state index contributed by atoms with van der Waals surface area (Å²) in [7, 11) is 0. The van der Waals surface area contributed by atoms with E-state index in [1.54, 1.807) is 30.7 Å². The highest BCUT2D eigenvalue weighted by Crippen LogP contribution is 2.31. The van der Waals surface area contributed by atoms with E-state index in [-0.39, 0.29) is 5.69 Å². The fourth-order valence-corrected chi connectivity index (χ4v) is 2.61. The maximum Gasteiger partial charge on any atom is 0.269 e. The maximum absolute atomic E-state index is 10.6. The summed E-state index contributed by atoms with van der Waals surface area (Å²) in [6, 6.07) is 10.2. The number of non-ortho nitro benzene ring substituents is 1. The van der Waals surface area contributed by atoms with Crippen molar-refractivity contribution in [2.75, 3.05) is 5.32 Å². The van der Waals surface area contributed by atoms with Crippen LogP contribution in [0.25, 0.3) is 10.4 Å². The molecule has 0 spiro atoms. The third-order valence-electron chi connectivity index (χ3n) is 2.78. The molecule has 0 saturated carbocycles. The molecule has 2 aromatic heterocycles. The molecular weight excluding hydrogens is 288 g/mol. The van der Waals surface area contributed by atoms with Crippen LogP contribution in [0.1, 0.15) is 0 Å². The Balaban J connectivity index is 1.80. The van der Waals surface area contributed by atoms with Crippen LogP contribution in [0.15, 0.2) is 55.0 Å². The van der Waals surface area contributed by atoms with Crippen LogP contribution in [0.2, 0.25) is 0 Å². The number of nitrogens with zero attached hydrogens (tertiary/aromatic N) is 3. The largest absolute Gasteiger partial charge is 0.330 e. The van der Waals surface area contributed by atoms with Gasteiger partial charge in [0.2, 0.25) is 0 Å². The Morgan fingerprint density at radius 3 is 2.62 bits per heavy atom. The molecule has 0 amide bonds. The average Bonchev–Trinajstić information content (AvgIpc) is 2.97. The molecular formula is C14H10N4O2S. The van der Waals surface area contributed by atoms with Crippen molar-refractivity contribution < 1.29 is 4.92 Å². The molecule has 0 radical (unpaired) electrons. The lowest BCUT2D eigenvalue weighted by atomic mass is 10.2. The Morgan fingerprint density at radius 1 is 1.14 bits per heavy atom. The molecule has 0 aliphatic carbocycles. The molecule has 6 nitrogen and oxygen atoms in total. The molecule has 0 atom stereocenters. The van der Waals surface area contributed by atoms with E-state index in [9.17, 15) is 10.1 Å². The normalized spacial score (nSPS) is 10.3. The predicted molar refractivity (Wildman–Crippen MR) is 81.7 cm³/mol. The molecule has 1 N–H and O–H groups in total. The summed E-state index contributed by atoms with van der Waals surface area (Å²) in [6.07, 6.45) is 5.16. The van der Waals surface area contributed by atoms with Crippen molar-refractivity contribution >= 4 is 27.8 Å². The summed E-state index contributed by atoms with van der Waals surface area (Å²) < 4.78 is 0. The van der Waals surface area contributed by atoms with E-state index in [2.05, 4.69) is 15.3 Å². The lowest BCUT2D eigenvalue weighted by Gasteiger charge is -2.00. The molecule has 3 rings (SSSR count). The van der Waals surface area contributed by atoms with Crippen LogP contribution in [0.5, 0.6) is 0 Å². The van der Waals surface area contributed by atoms with Crippen molar-refractivity contribution in [2.45, 2.75) is 0 Å². The van der Waals surface area contributed by atoms with Crippen LogP contribution >= 0.6 is 11.3 Å². The van der Waals surface area contributed by atoms with Gasteiger partial charge in [-0.15, -0.1) is 0 Å². The minimum absolute atomic E-state index is 0.0805. The lowest BCUT2D eigenvalue weighted by molar-refractivity contribution is -0.384. The van der Waals surface area contributed by atoms with Crippen molar-refractivity contribution in [3.05, 3.63) is 65.1 Å². The van der Waals surface area contributed by atoms with E-state index in [0.717, 1.165) is 21.3 Å². The minimum atomic E-state index is -0.411. The predicted octanol–water partition coefficient (Wildman–Crippen LogP) is 3.86. The number of anilines is 2. The number of nitro benzene ring substituents is 1. The SMILES string of the molecule is O=[N+]([O-])c1ccc(-c2cnc(Nc3cccnc3)s2)cc1. The van der Waals surface area contributed by atoms with Gasteiger partial charge in [0.05, 0.1) is 21.7 Å². The zero-order chi connectivity index (χ0) is 14.7. The van der Waals surface area contributed by atoms with Crippen molar-refractivity contribution in [1.82, 2.24) is 9.97 Å². The summed E-state index contributed by atoms with van der Waals surface area (Å²) >= 11 is 1.48. The van der Waals surface area contributed by atoms with Crippen LogP contribution in [0.4, 0.5) is 16.5 Å². The molecule has 1 aromatic carbocycles. The Kier molecular flexibility index (Phi) is 3.57. The number of nitro groups is 1. The lowest BCUT2D eigenvalue weighted by Crippen LogP contribution is -1.88. The first-order valence-corrected chi connectivity index (χ1v) is 6.92. The number of rotatable bonds is 4. The van der Waals surface area contributed by atoms with Crippen molar-refractivity contribution in [2.24, 2.45) is 0 Å². The summed E-state index contributed by atoms with van der Waals surface area (Å²) in [5, 5.41) is 14.5. The van der Waals surface area contributed by atoms with E-state index in [1.807, 2.05) is 12.1 Å². The highest BCUT2D eigenvalue weighted by molar-refractivity contribution is 7.18. The van der Waals surface area contributed by atoms with Crippen LogP contribution in [0.3, 0.4) is 0 Å². The fourth-order valence-electron chi connectivity index (χ4n) is 1.77. The van der Waals surface area contributed by atoms with E-state index in [4.69, 9.17) is 0 Å². The third kappa shape index (κ3) is 3.03. The zero-order valence-corrected chi connectivity index (χ0v) is 11.6. The second-order valence-electron chi connectivity index (χ2n) is 4.20. The maximum atomic E-state index is 10.6. The van der Waals surface area contributed by atoms with Crippen LogP contribution in [-0.2, 0) is 0 Å². The molecule has 0 bridgehead atoms. The number of thiazole rings is 1. The minimum Gasteiger partial charge on any atom is -0.330 e. The molecule has 0 saturated heterocycles. The molecule has 0 fully saturated rings. The Hall–Kier alpha value is -2.80. The molecule has 7 heteroatoms. The Morgan fingerprint density at radius 2 is 1.95 bits per heavy atom. The highest BCUT2D eigenvalue weighted by atomic mass is 32.1. The smallest absolute Gasteiger partial charge is 0.269 e. The Labute approximate surface area is 124 Å². The van der Waals surface area contributed by atoms with E-state index in [1.165, 1.54) is 23.5 Å². The molecule has 0 aliphatic rings. The van der Waals surface area contributed by atoms with Crippen LogP contribution in [0, 0.1) is 10.1 Å². The summed E-state index contributed by atoms with van der Waals surface area (Å²) in [6.45, 7) is 0. The molecule has 21 heavy (non-hydrogen) atoms. The highest BCUT2D eigenvalue weighted by Gasteiger charge is 2.08. The molecule has 104 valence electrons. The first kappa shape index (κ1) is 13.2. The van der Waals surface area contributed by atoms with Crippen molar-refractivity contribution in [3.63, 3.8) is 0 Å². The van der Waals surface area contributed by atoms with Crippen LogP contribution in [-0.4, -0.2) is 14.9 Å². The van der Waals surface area contributed by atoms with Gasteiger partial charge in [-0.2, -0.15) is 0 Å². The second-order valence-corrected chi connectivity index (χ2v) is 5.23. The number of nitrogens with one attached hydrogen (secondary N) is 1. The van der Waals surface area contributed by atoms with Crippen LogP contribution < -0.4 is 5.32 Å². The molecule has 2 heterocycles. The monoisotopic (exact) mass is 298 g/mol. The quantitative estimate of drug-likeness (QED) is 0.584. The van der Waals surface area contributed by atoms with Gasteiger partial charge in [-0.25, -0.2) is 4.98 Å². The molecule has 0 unspecified atom stereocenters. The molecule has 0 aliphatic heterocycles. The first-order chi connectivity index (χ1) is 10.2. The van der Waals surface area contributed by atoms with Gasteiger partial charge in [0.1, 0.15) is 0 Å². The van der Waals surface area contributed by atoms with Gasteiger partial charge in [0.15, 0.2) is 5.13 Å². The van der Waals surface area contributed by atoms with Crippen molar-refractivity contribution in [3.8, 4) is 10.4 Å². The fraction of sp³-hybridized carbons (Fsp3) is 0. The number of hydrogen-bond donors (Lipinski definition) is 1. The van der Waals surface area contributed by atoms with Gasteiger partial charge in [-0.05, 0) is 29.8 Å². The van der Waals surface area contributed by atoms with Gasteiger partial charge in [0, 0.05) is 24.5 Å². The zero-order valence-electron chi connectivity index (χ0n) is 10.8. The third-order valence-corrected chi connectivity index (χ3v) is 3.74. The van der Waals surface area contributed by atoms with Gasteiger partial charge in [-0.1, -0.05) is 11.3 Å². The standard InChI is InChI=1S/C14H10N4O2S/c19-18(20)12-5-3-10(4-6-12)13-9-16-14(21-13)17-11-2-1-7-15-8-11/h1-9H,(H,16,17). The molecule has 3 aromatic rings. The van der Waals surface area contributed by atoms with E-state index < -0.39 is 4.92 Å². The van der Waals surface area contributed by atoms with Gasteiger partial charge in [-0.3, -0.25) is 15.1 Å². The van der Waals surface area contributed by atoms with E-state index >= 15 is 0 Å². The van der Waals surface area contributed by atoms with Gasteiger partial charge >= 0.3 is 0 Å².